The molecule has 0 aliphatic rings. The third kappa shape index (κ3) is 3.66. The van der Waals surface area contributed by atoms with Crippen molar-refractivity contribution in [1.29, 1.82) is 0 Å². The summed E-state index contributed by atoms with van der Waals surface area (Å²) in [7, 11) is 0. The molecule has 0 bridgehead atoms. The first-order chi connectivity index (χ1) is 10.5. The lowest BCUT2D eigenvalue weighted by Gasteiger charge is -2.18. The monoisotopic (exact) mass is 359 g/mol. The van der Waals surface area contributed by atoms with Crippen molar-refractivity contribution >= 4 is 52.5 Å². The van der Waals surface area contributed by atoms with Crippen LogP contribution in [0.1, 0.15) is 19.4 Å². The summed E-state index contributed by atoms with van der Waals surface area (Å²) in [6.07, 6.45) is 2.39. The first kappa shape index (κ1) is 16.9. The molecular formula is C13H15Cl2N5OS. The first-order valence-electron chi connectivity index (χ1n) is 6.47. The summed E-state index contributed by atoms with van der Waals surface area (Å²) in [4.78, 5) is 12.5. The average molecular weight is 360 g/mol. The van der Waals surface area contributed by atoms with Gasteiger partial charge in [-0.1, -0.05) is 41.9 Å². The number of nitrogens with one attached hydrogen (secondary N) is 1. The van der Waals surface area contributed by atoms with Crippen LogP contribution in [-0.4, -0.2) is 26.9 Å². The van der Waals surface area contributed by atoms with Crippen molar-refractivity contribution in [3.05, 3.63) is 28.2 Å². The lowest BCUT2D eigenvalue weighted by atomic mass is 10.2. The largest absolute Gasteiger partial charge is 0.368 e. The van der Waals surface area contributed by atoms with Crippen LogP contribution in [0.15, 0.2) is 23.4 Å². The number of hydrogen-bond acceptors (Lipinski definition) is 5. The molecule has 118 valence electrons. The molecule has 1 amide bonds. The fourth-order valence-corrected chi connectivity index (χ4v) is 3.12. The van der Waals surface area contributed by atoms with Gasteiger partial charge in [-0.3, -0.25) is 9.36 Å². The Balaban J connectivity index is 2.27. The van der Waals surface area contributed by atoms with E-state index >= 15 is 0 Å². The highest BCUT2D eigenvalue weighted by Gasteiger charge is 2.24. The van der Waals surface area contributed by atoms with Crippen LogP contribution in [0.25, 0.3) is 0 Å². The normalized spacial score (nSPS) is 12.2. The summed E-state index contributed by atoms with van der Waals surface area (Å²) in [5, 5.41) is 12.0. The van der Waals surface area contributed by atoms with E-state index in [1.807, 2.05) is 13.2 Å². The van der Waals surface area contributed by atoms with Gasteiger partial charge < -0.3 is 11.1 Å². The Labute approximate surface area is 142 Å². The summed E-state index contributed by atoms with van der Waals surface area (Å²) >= 11 is 13.2. The molecule has 0 radical (unpaired) electrons. The van der Waals surface area contributed by atoms with E-state index in [1.54, 1.807) is 22.8 Å². The van der Waals surface area contributed by atoms with Crippen LogP contribution in [0, 0.1) is 0 Å². The van der Waals surface area contributed by atoms with E-state index in [2.05, 4.69) is 15.5 Å². The number of halogens is 2. The molecule has 1 aromatic carbocycles. The highest BCUT2D eigenvalue weighted by molar-refractivity contribution is 7.98. The number of nitrogen functional groups attached to an aromatic ring is 1. The molecule has 1 heterocycles. The molecule has 1 aromatic heterocycles. The molecule has 0 saturated carbocycles. The van der Waals surface area contributed by atoms with E-state index in [0.29, 0.717) is 27.3 Å². The molecule has 3 N–H and O–H groups in total. The van der Waals surface area contributed by atoms with Gasteiger partial charge in [0.2, 0.25) is 11.9 Å². The lowest BCUT2D eigenvalue weighted by molar-refractivity contribution is -0.119. The molecule has 0 saturated heterocycles. The maximum Gasteiger partial charge on any atom is 0.247 e. The predicted octanol–water partition coefficient (Wildman–Crippen LogP) is 3.48. The Morgan fingerprint density at radius 2 is 2.00 bits per heavy atom. The van der Waals surface area contributed by atoms with Gasteiger partial charge in [0.1, 0.15) is 6.04 Å². The molecule has 0 spiro atoms. The number of rotatable bonds is 5. The zero-order valence-electron chi connectivity index (χ0n) is 12.0. The lowest BCUT2D eigenvalue weighted by Crippen LogP contribution is -2.27. The standard InChI is InChI=1S/C13H15Cl2N5OS/c1-3-10(20-12(16)18-19-13(20)22-2)11(21)17-9-5-7(14)4-8(15)6-9/h4-6,10H,3H2,1-2H3,(H2,16,18)(H,17,21). The molecule has 2 rings (SSSR count). The molecule has 0 aliphatic carbocycles. The van der Waals surface area contributed by atoms with E-state index < -0.39 is 6.04 Å². The van der Waals surface area contributed by atoms with Gasteiger partial charge in [0.15, 0.2) is 5.16 Å². The summed E-state index contributed by atoms with van der Waals surface area (Å²) < 4.78 is 1.62. The fourth-order valence-electron chi connectivity index (χ4n) is 2.06. The second kappa shape index (κ2) is 7.21. The van der Waals surface area contributed by atoms with E-state index in [1.165, 1.54) is 11.8 Å². The van der Waals surface area contributed by atoms with E-state index in [0.717, 1.165) is 0 Å². The maximum absolute atomic E-state index is 12.5. The number of anilines is 2. The van der Waals surface area contributed by atoms with Gasteiger partial charge in [0, 0.05) is 15.7 Å². The van der Waals surface area contributed by atoms with Gasteiger partial charge in [-0.15, -0.1) is 10.2 Å². The summed E-state index contributed by atoms with van der Waals surface area (Å²) in [6, 6.07) is 4.33. The minimum atomic E-state index is -0.518. The Hall–Kier alpha value is -1.44. The van der Waals surface area contributed by atoms with Crippen LogP contribution in [-0.2, 0) is 4.79 Å². The number of nitrogens with zero attached hydrogens (tertiary/aromatic N) is 3. The van der Waals surface area contributed by atoms with Gasteiger partial charge in [-0.25, -0.2) is 0 Å². The van der Waals surface area contributed by atoms with Gasteiger partial charge in [-0.05, 0) is 30.9 Å². The summed E-state index contributed by atoms with van der Waals surface area (Å²) in [5.74, 6) is -0.0295. The quantitative estimate of drug-likeness (QED) is 0.798. The third-order valence-electron chi connectivity index (χ3n) is 3.00. The van der Waals surface area contributed by atoms with Crippen molar-refractivity contribution in [3.63, 3.8) is 0 Å². The number of carbonyl (C=O) groups excluding carboxylic acids is 1. The molecule has 0 aliphatic heterocycles. The van der Waals surface area contributed by atoms with E-state index in [9.17, 15) is 4.79 Å². The number of thioether (sulfide) groups is 1. The minimum absolute atomic E-state index is 0.204. The second-order valence-corrected chi connectivity index (χ2v) is 6.13. The van der Waals surface area contributed by atoms with Crippen LogP contribution in [0.4, 0.5) is 11.6 Å². The van der Waals surface area contributed by atoms with Crippen LogP contribution >= 0.6 is 35.0 Å². The zero-order valence-corrected chi connectivity index (χ0v) is 14.3. The van der Waals surface area contributed by atoms with Gasteiger partial charge in [0.25, 0.3) is 0 Å². The van der Waals surface area contributed by atoms with Crippen molar-refractivity contribution in [2.24, 2.45) is 0 Å². The molecule has 1 unspecified atom stereocenters. The average Bonchev–Trinajstić information content (AvgIpc) is 2.80. The minimum Gasteiger partial charge on any atom is -0.368 e. The summed E-state index contributed by atoms with van der Waals surface area (Å²) in [5.41, 5.74) is 6.35. The van der Waals surface area contributed by atoms with Crippen molar-refractivity contribution in [2.45, 2.75) is 24.5 Å². The Morgan fingerprint density at radius 1 is 1.36 bits per heavy atom. The van der Waals surface area contributed by atoms with Crippen molar-refractivity contribution in [2.75, 3.05) is 17.3 Å². The van der Waals surface area contributed by atoms with Crippen LogP contribution in [0.5, 0.6) is 0 Å². The van der Waals surface area contributed by atoms with Crippen LogP contribution < -0.4 is 11.1 Å². The summed E-state index contributed by atoms with van der Waals surface area (Å²) in [6.45, 7) is 1.89. The number of hydrogen-bond donors (Lipinski definition) is 2. The Morgan fingerprint density at radius 3 is 2.55 bits per heavy atom. The number of benzene rings is 1. The zero-order chi connectivity index (χ0) is 16.3. The van der Waals surface area contributed by atoms with Gasteiger partial charge in [-0.2, -0.15) is 0 Å². The smallest absolute Gasteiger partial charge is 0.247 e. The van der Waals surface area contributed by atoms with E-state index in [4.69, 9.17) is 28.9 Å². The molecule has 1 atom stereocenters. The van der Waals surface area contributed by atoms with Crippen molar-refractivity contribution in [3.8, 4) is 0 Å². The number of amides is 1. The Kier molecular flexibility index (Phi) is 5.55. The van der Waals surface area contributed by atoms with Crippen molar-refractivity contribution in [1.82, 2.24) is 14.8 Å². The number of carbonyl (C=O) groups is 1. The molecule has 2 aromatic rings. The van der Waals surface area contributed by atoms with Gasteiger partial charge in [0.05, 0.1) is 0 Å². The Bertz CT molecular complexity index is 671. The van der Waals surface area contributed by atoms with Crippen molar-refractivity contribution < 1.29 is 4.79 Å². The number of aromatic nitrogens is 3. The third-order valence-corrected chi connectivity index (χ3v) is 4.08. The van der Waals surface area contributed by atoms with Crippen LogP contribution in [0.3, 0.4) is 0 Å². The van der Waals surface area contributed by atoms with Gasteiger partial charge >= 0.3 is 0 Å². The van der Waals surface area contributed by atoms with Crippen LogP contribution in [0.2, 0.25) is 10.0 Å². The fraction of sp³-hybridized carbons (Fsp3) is 0.308. The SMILES string of the molecule is CCC(C(=O)Nc1cc(Cl)cc(Cl)c1)n1c(N)nnc1SC. The second-order valence-electron chi connectivity index (χ2n) is 4.49. The molecular weight excluding hydrogens is 345 g/mol. The molecule has 22 heavy (non-hydrogen) atoms. The highest BCUT2D eigenvalue weighted by atomic mass is 35.5. The predicted molar refractivity (Wildman–Crippen MR) is 90.6 cm³/mol. The topological polar surface area (TPSA) is 85.8 Å². The van der Waals surface area contributed by atoms with E-state index in [-0.39, 0.29) is 11.9 Å². The molecule has 6 nitrogen and oxygen atoms in total. The first-order valence-corrected chi connectivity index (χ1v) is 8.45. The highest BCUT2D eigenvalue weighted by Crippen LogP contribution is 2.26. The molecule has 0 fully saturated rings. The number of nitrogens with two attached hydrogens (primary N) is 1. The maximum atomic E-state index is 12.5. The molecule has 9 heteroatoms.